The predicted octanol–water partition coefficient (Wildman–Crippen LogP) is 3.27. The zero-order chi connectivity index (χ0) is 11.2. The molecular formula is C12H17BrN2. The van der Waals surface area contributed by atoms with Crippen molar-refractivity contribution in [1.82, 2.24) is 9.88 Å². The van der Waals surface area contributed by atoms with Gasteiger partial charge in [-0.3, -0.25) is 4.90 Å². The molecule has 0 unspecified atom stereocenters. The maximum absolute atomic E-state index is 4.59. The Kier molecular flexibility index (Phi) is 2.63. The highest BCUT2D eigenvalue weighted by atomic mass is 79.9. The van der Waals surface area contributed by atoms with Crippen molar-refractivity contribution in [3.63, 3.8) is 0 Å². The summed E-state index contributed by atoms with van der Waals surface area (Å²) in [6, 6.07) is 2.25. The van der Waals surface area contributed by atoms with Crippen molar-refractivity contribution in [3.8, 4) is 0 Å². The fourth-order valence-electron chi connectivity index (χ4n) is 1.87. The third-order valence-electron chi connectivity index (χ3n) is 2.97. The summed E-state index contributed by atoms with van der Waals surface area (Å²) < 4.78 is 0.983. The molecule has 0 radical (unpaired) electrons. The summed E-state index contributed by atoms with van der Waals surface area (Å²) in [4.78, 5) is 7.05. The van der Waals surface area contributed by atoms with Crippen molar-refractivity contribution in [1.29, 1.82) is 0 Å². The van der Waals surface area contributed by atoms with E-state index >= 15 is 0 Å². The second-order valence-corrected chi connectivity index (χ2v) is 5.98. The highest BCUT2D eigenvalue weighted by molar-refractivity contribution is 9.10. The molecule has 1 aliphatic heterocycles. The number of hydrogen-bond donors (Lipinski definition) is 0. The van der Waals surface area contributed by atoms with Crippen LogP contribution >= 0.6 is 15.9 Å². The Morgan fingerprint density at radius 2 is 2.00 bits per heavy atom. The van der Waals surface area contributed by atoms with Crippen LogP contribution in [-0.4, -0.2) is 15.4 Å². The summed E-state index contributed by atoms with van der Waals surface area (Å²) in [6.07, 6.45) is 0. The zero-order valence-corrected chi connectivity index (χ0v) is 11.3. The molecule has 3 heteroatoms. The van der Waals surface area contributed by atoms with Crippen LogP contribution in [0.1, 0.15) is 37.6 Å². The molecule has 0 saturated heterocycles. The van der Waals surface area contributed by atoms with Gasteiger partial charge in [0.1, 0.15) is 4.60 Å². The quantitative estimate of drug-likeness (QED) is 0.672. The number of fused-ring (bicyclic) bond motifs is 1. The van der Waals surface area contributed by atoms with Crippen LogP contribution in [0.2, 0.25) is 0 Å². The van der Waals surface area contributed by atoms with Crippen LogP contribution in [-0.2, 0) is 13.1 Å². The molecule has 0 aliphatic carbocycles. The van der Waals surface area contributed by atoms with Gasteiger partial charge in [0.2, 0.25) is 0 Å². The number of halogens is 1. The van der Waals surface area contributed by atoms with Crippen LogP contribution in [0.5, 0.6) is 0 Å². The summed E-state index contributed by atoms with van der Waals surface area (Å²) in [5, 5.41) is 0. The van der Waals surface area contributed by atoms with Crippen LogP contribution in [0.3, 0.4) is 0 Å². The molecular weight excluding hydrogens is 252 g/mol. The fraction of sp³-hybridized carbons (Fsp3) is 0.583. The number of rotatable bonds is 0. The van der Waals surface area contributed by atoms with Crippen molar-refractivity contribution in [3.05, 3.63) is 27.5 Å². The van der Waals surface area contributed by atoms with Crippen molar-refractivity contribution in [2.45, 2.75) is 46.3 Å². The lowest BCUT2D eigenvalue weighted by atomic mass is 10.1. The van der Waals surface area contributed by atoms with Gasteiger partial charge in [0.05, 0.1) is 5.69 Å². The molecule has 15 heavy (non-hydrogen) atoms. The molecule has 1 aromatic heterocycles. The lowest BCUT2D eigenvalue weighted by Crippen LogP contribution is -2.36. The standard InChI is InChI=1S/C12H17BrN2/c1-8-5-9-6-15(12(2,3)4)7-10(9)14-11(8)13/h5H,6-7H2,1-4H3. The minimum atomic E-state index is 0.223. The van der Waals surface area contributed by atoms with Gasteiger partial charge in [0.15, 0.2) is 0 Å². The molecule has 0 amide bonds. The largest absolute Gasteiger partial charge is 0.288 e. The van der Waals surface area contributed by atoms with E-state index in [9.17, 15) is 0 Å². The maximum atomic E-state index is 4.59. The van der Waals surface area contributed by atoms with Gasteiger partial charge in [-0.25, -0.2) is 4.98 Å². The molecule has 0 aromatic carbocycles. The van der Waals surface area contributed by atoms with Crippen molar-refractivity contribution >= 4 is 15.9 Å². The second-order valence-electron chi connectivity index (χ2n) is 5.23. The van der Waals surface area contributed by atoms with E-state index in [1.54, 1.807) is 0 Å². The molecule has 0 fully saturated rings. The molecule has 2 nitrogen and oxygen atoms in total. The first-order valence-corrected chi connectivity index (χ1v) is 6.07. The topological polar surface area (TPSA) is 16.1 Å². The maximum Gasteiger partial charge on any atom is 0.109 e. The van der Waals surface area contributed by atoms with E-state index in [-0.39, 0.29) is 5.54 Å². The highest BCUT2D eigenvalue weighted by Gasteiger charge is 2.29. The molecule has 0 saturated carbocycles. The highest BCUT2D eigenvalue weighted by Crippen LogP contribution is 2.30. The number of aromatic nitrogens is 1. The van der Waals surface area contributed by atoms with Crippen LogP contribution in [0.15, 0.2) is 10.7 Å². The monoisotopic (exact) mass is 268 g/mol. The number of hydrogen-bond acceptors (Lipinski definition) is 2. The Bertz CT molecular complexity index is 362. The SMILES string of the molecule is Cc1cc2c(nc1Br)CN(C(C)(C)C)C2. The summed E-state index contributed by atoms with van der Waals surface area (Å²) in [7, 11) is 0. The first-order chi connectivity index (χ1) is 6.88. The molecule has 0 atom stereocenters. The minimum Gasteiger partial charge on any atom is -0.288 e. The summed E-state index contributed by atoms with van der Waals surface area (Å²) in [6.45, 7) is 10.8. The van der Waals surface area contributed by atoms with Gasteiger partial charge in [0, 0.05) is 18.6 Å². The lowest BCUT2D eigenvalue weighted by Gasteiger charge is -2.30. The molecule has 2 rings (SSSR count). The smallest absolute Gasteiger partial charge is 0.109 e. The van der Waals surface area contributed by atoms with E-state index in [2.05, 4.69) is 59.6 Å². The van der Waals surface area contributed by atoms with Gasteiger partial charge < -0.3 is 0 Å². The first-order valence-electron chi connectivity index (χ1n) is 5.28. The van der Waals surface area contributed by atoms with Crippen LogP contribution in [0, 0.1) is 6.92 Å². The summed E-state index contributed by atoms with van der Waals surface area (Å²) in [5.41, 5.74) is 4.05. The molecule has 0 N–H and O–H groups in total. The van der Waals surface area contributed by atoms with Gasteiger partial charge in [-0.05, 0) is 54.8 Å². The van der Waals surface area contributed by atoms with E-state index in [0.29, 0.717) is 0 Å². The molecule has 1 aromatic rings. The second kappa shape index (κ2) is 3.56. The third kappa shape index (κ3) is 2.08. The van der Waals surface area contributed by atoms with Crippen molar-refractivity contribution in [2.24, 2.45) is 0 Å². The number of nitrogens with zero attached hydrogens (tertiary/aromatic N) is 2. The van der Waals surface area contributed by atoms with E-state index < -0.39 is 0 Å². The number of pyridine rings is 1. The Labute approximate surface area is 99.8 Å². The van der Waals surface area contributed by atoms with Gasteiger partial charge >= 0.3 is 0 Å². The van der Waals surface area contributed by atoms with Gasteiger partial charge in [0.25, 0.3) is 0 Å². The molecule has 2 heterocycles. The Morgan fingerprint density at radius 1 is 1.33 bits per heavy atom. The third-order valence-corrected chi connectivity index (χ3v) is 3.77. The van der Waals surface area contributed by atoms with Gasteiger partial charge in [-0.1, -0.05) is 6.07 Å². The molecule has 82 valence electrons. The summed E-state index contributed by atoms with van der Waals surface area (Å²) >= 11 is 3.49. The fourth-order valence-corrected chi connectivity index (χ4v) is 2.20. The summed E-state index contributed by atoms with van der Waals surface area (Å²) in [5.74, 6) is 0. The van der Waals surface area contributed by atoms with Crippen LogP contribution in [0.25, 0.3) is 0 Å². The zero-order valence-electron chi connectivity index (χ0n) is 9.76. The van der Waals surface area contributed by atoms with Gasteiger partial charge in [-0.15, -0.1) is 0 Å². The lowest BCUT2D eigenvalue weighted by molar-refractivity contribution is 0.135. The van der Waals surface area contributed by atoms with E-state index in [0.717, 1.165) is 17.7 Å². The van der Waals surface area contributed by atoms with Gasteiger partial charge in [-0.2, -0.15) is 0 Å². The molecule has 1 aliphatic rings. The average molecular weight is 269 g/mol. The van der Waals surface area contributed by atoms with E-state index in [1.165, 1.54) is 16.8 Å². The van der Waals surface area contributed by atoms with E-state index in [4.69, 9.17) is 0 Å². The van der Waals surface area contributed by atoms with Crippen molar-refractivity contribution in [2.75, 3.05) is 0 Å². The Hall–Kier alpha value is -0.410. The predicted molar refractivity (Wildman–Crippen MR) is 65.7 cm³/mol. The average Bonchev–Trinajstić information content (AvgIpc) is 2.47. The normalized spacial score (nSPS) is 16.9. The van der Waals surface area contributed by atoms with Crippen molar-refractivity contribution < 1.29 is 0 Å². The Morgan fingerprint density at radius 3 is 2.60 bits per heavy atom. The number of aryl methyl sites for hydroxylation is 1. The molecule has 0 spiro atoms. The molecule has 0 bridgehead atoms. The first kappa shape index (κ1) is 11.1. The minimum absolute atomic E-state index is 0.223. The van der Waals surface area contributed by atoms with E-state index in [1.807, 2.05) is 0 Å². The van der Waals surface area contributed by atoms with Crippen LogP contribution < -0.4 is 0 Å². The Balaban J connectivity index is 2.32. The van der Waals surface area contributed by atoms with Crippen LogP contribution in [0.4, 0.5) is 0 Å².